The molecule has 2 amide bonds. The molecule has 0 saturated carbocycles. The summed E-state index contributed by atoms with van der Waals surface area (Å²) in [6.07, 6.45) is 0. The predicted molar refractivity (Wildman–Crippen MR) is 127 cm³/mol. The van der Waals surface area contributed by atoms with Gasteiger partial charge in [-0.1, -0.05) is 29.8 Å². The molecule has 8 nitrogen and oxygen atoms in total. The molecule has 1 aromatic heterocycles. The first-order valence-electron chi connectivity index (χ1n) is 10.6. The molecule has 2 N–H and O–H groups in total. The molecule has 172 valence electrons. The van der Waals surface area contributed by atoms with E-state index in [0.29, 0.717) is 18.1 Å². The van der Waals surface area contributed by atoms with Crippen molar-refractivity contribution in [2.24, 2.45) is 0 Å². The fraction of sp³-hybridized carbons (Fsp3) is 0.292. The fourth-order valence-electron chi connectivity index (χ4n) is 3.41. The lowest BCUT2D eigenvalue weighted by Crippen LogP contribution is -2.29. The third-order valence-electron chi connectivity index (χ3n) is 5.21. The molecule has 0 radical (unpaired) electrons. The number of fused-ring (bicyclic) bond motifs is 1. The molecule has 0 bridgehead atoms. The lowest BCUT2D eigenvalue weighted by Gasteiger charge is -2.12. The molecule has 1 aliphatic rings. The van der Waals surface area contributed by atoms with E-state index in [1.807, 2.05) is 55.5 Å². The van der Waals surface area contributed by atoms with Gasteiger partial charge in [-0.25, -0.2) is 4.68 Å². The van der Waals surface area contributed by atoms with Gasteiger partial charge in [0.1, 0.15) is 23.9 Å². The van der Waals surface area contributed by atoms with Crippen molar-refractivity contribution >= 4 is 29.4 Å². The number of aromatic nitrogens is 2. The van der Waals surface area contributed by atoms with Gasteiger partial charge in [0.25, 0.3) is 5.91 Å². The summed E-state index contributed by atoms with van der Waals surface area (Å²) in [6.45, 7) is 2.28. The number of anilines is 1. The Morgan fingerprint density at radius 1 is 1.03 bits per heavy atom. The van der Waals surface area contributed by atoms with E-state index in [2.05, 4.69) is 15.7 Å². The maximum atomic E-state index is 12.6. The Balaban J connectivity index is 1.36. The van der Waals surface area contributed by atoms with Crippen LogP contribution in [-0.2, 0) is 34.2 Å². The normalized spacial score (nSPS) is 12.2. The Morgan fingerprint density at radius 2 is 1.76 bits per heavy atom. The van der Waals surface area contributed by atoms with Crippen LogP contribution >= 0.6 is 11.8 Å². The Labute approximate surface area is 196 Å². The van der Waals surface area contributed by atoms with E-state index in [1.165, 1.54) is 0 Å². The average molecular weight is 467 g/mol. The highest BCUT2D eigenvalue weighted by Crippen LogP contribution is 2.34. The summed E-state index contributed by atoms with van der Waals surface area (Å²) >= 11 is 1.73. The van der Waals surface area contributed by atoms with Crippen LogP contribution in [0, 0.1) is 6.92 Å². The van der Waals surface area contributed by atoms with E-state index in [-0.39, 0.29) is 25.0 Å². The van der Waals surface area contributed by atoms with Crippen LogP contribution < -0.4 is 20.1 Å². The van der Waals surface area contributed by atoms with Crippen molar-refractivity contribution in [3.63, 3.8) is 0 Å². The van der Waals surface area contributed by atoms with Crippen LogP contribution in [0.25, 0.3) is 0 Å². The Morgan fingerprint density at radius 3 is 2.48 bits per heavy atom. The summed E-state index contributed by atoms with van der Waals surface area (Å²) in [5.41, 5.74) is 3.95. The molecule has 0 aliphatic carbocycles. The molecular weight excluding hydrogens is 440 g/mol. The largest absolute Gasteiger partial charge is 0.497 e. The second-order valence-electron chi connectivity index (χ2n) is 7.70. The second kappa shape index (κ2) is 10.4. The molecule has 0 atom stereocenters. The summed E-state index contributed by atoms with van der Waals surface area (Å²) in [4.78, 5) is 25.1. The number of carbonyl (C=O) groups is 2. The molecule has 33 heavy (non-hydrogen) atoms. The molecule has 2 aromatic carbocycles. The maximum absolute atomic E-state index is 12.6. The van der Waals surface area contributed by atoms with Gasteiger partial charge in [-0.3, -0.25) is 9.59 Å². The second-order valence-corrected chi connectivity index (χ2v) is 8.68. The number of carbonyl (C=O) groups excluding carboxylic acids is 2. The zero-order chi connectivity index (χ0) is 23.2. The lowest BCUT2D eigenvalue weighted by molar-refractivity contribution is -0.122. The molecule has 4 rings (SSSR count). The van der Waals surface area contributed by atoms with Gasteiger partial charge < -0.3 is 20.1 Å². The van der Waals surface area contributed by atoms with E-state index < -0.39 is 0 Å². The number of nitrogens with zero attached hydrogens (tertiary/aromatic N) is 2. The highest BCUT2D eigenvalue weighted by molar-refractivity contribution is 7.98. The minimum atomic E-state index is -0.296. The van der Waals surface area contributed by atoms with Gasteiger partial charge in [0.15, 0.2) is 6.61 Å². The summed E-state index contributed by atoms with van der Waals surface area (Å²) in [7, 11) is 1.61. The number of hydrogen-bond donors (Lipinski definition) is 2. The van der Waals surface area contributed by atoms with Crippen molar-refractivity contribution < 1.29 is 19.1 Å². The molecule has 0 unspecified atom stereocenters. The number of benzene rings is 2. The molecule has 2 heterocycles. The fourth-order valence-corrected chi connectivity index (χ4v) is 4.44. The van der Waals surface area contributed by atoms with E-state index in [0.717, 1.165) is 39.6 Å². The van der Waals surface area contributed by atoms with Crippen LogP contribution in [0.15, 0.2) is 48.5 Å². The Hall–Kier alpha value is -3.46. The molecular formula is C24H26N4O4S. The third kappa shape index (κ3) is 5.87. The quantitative estimate of drug-likeness (QED) is 0.503. The standard InChI is InChI=1S/C24H26N4O4S/c1-16-3-7-19(8-4-16)32-13-23(30)26-24-20-14-33-15-21(20)27-28(24)12-22(29)25-11-17-5-9-18(31-2)10-6-17/h3-10H,11-15H2,1-2H3,(H,25,29)(H,26,30). The maximum Gasteiger partial charge on any atom is 0.263 e. The highest BCUT2D eigenvalue weighted by atomic mass is 32.2. The average Bonchev–Trinajstić information content (AvgIpc) is 3.40. The van der Waals surface area contributed by atoms with Crippen molar-refractivity contribution in [2.45, 2.75) is 31.5 Å². The third-order valence-corrected chi connectivity index (χ3v) is 6.18. The first kappa shape index (κ1) is 22.7. The summed E-state index contributed by atoms with van der Waals surface area (Å²) in [5, 5.41) is 10.3. The van der Waals surface area contributed by atoms with Crippen molar-refractivity contribution in [2.75, 3.05) is 19.0 Å². The van der Waals surface area contributed by atoms with Gasteiger partial charge in [0.05, 0.1) is 12.8 Å². The van der Waals surface area contributed by atoms with E-state index in [9.17, 15) is 9.59 Å². The van der Waals surface area contributed by atoms with Crippen LogP contribution in [0.3, 0.4) is 0 Å². The summed E-state index contributed by atoms with van der Waals surface area (Å²) in [5.74, 6) is 2.98. The van der Waals surface area contributed by atoms with Crippen LogP contribution in [-0.4, -0.2) is 35.3 Å². The molecule has 0 spiro atoms. The summed E-state index contributed by atoms with van der Waals surface area (Å²) in [6, 6.07) is 15.0. The topological polar surface area (TPSA) is 94.5 Å². The number of nitrogens with one attached hydrogen (secondary N) is 2. The van der Waals surface area contributed by atoms with Crippen LogP contribution in [0.4, 0.5) is 5.82 Å². The smallest absolute Gasteiger partial charge is 0.263 e. The van der Waals surface area contributed by atoms with Crippen molar-refractivity contribution in [1.29, 1.82) is 0 Å². The minimum absolute atomic E-state index is 0.0161. The van der Waals surface area contributed by atoms with E-state index in [1.54, 1.807) is 23.6 Å². The number of thioether (sulfide) groups is 1. The van der Waals surface area contributed by atoms with E-state index in [4.69, 9.17) is 9.47 Å². The molecule has 1 aliphatic heterocycles. The number of amides is 2. The monoisotopic (exact) mass is 466 g/mol. The molecule has 3 aromatic rings. The SMILES string of the molecule is COc1ccc(CNC(=O)Cn2nc3c(c2NC(=O)COc2ccc(C)cc2)CSC3)cc1. The van der Waals surface area contributed by atoms with Crippen molar-refractivity contribution in [3.8, 4) is 11.5 Å². The Kier molecular flexibility index (Phi) is 7.19. The van der Waals surface area contributed by atoms with Gasteiger partial charge in [0, 0.05) is 23.6 Å². The molecule has 0 saturated heterocycles. The van der Waals surface area contributed by atoms with Crippen LogP contribution in [0.1, 0.15) is 22.4 Å². The van der Waals surface area contributed by atoms with Crippen LogP contribution in [0.5, 0.6) is 11.5 Å². The van der Waals surface area contributed by atoms with E-state index >= 15 is 0 Å². The number of rotatable bonds is 9. The number of methoxy groups -OCH3 is 1. The first-order chi connectivity index (χ1) is 16.0. The zero-order valence-corrected chi connectivity index (χ0v) is 19.4. The van der Waals surface area contributed by atoms with Crippen molar-refractivity contribution in [3.05, 3.63) is 70.9 Å². The zero-order valence-electron chi connectivity index (χ0n) is 18.6. The number of hydrogen-bond acceptors (Lipinski definition) is 6. The highest BCUT2D eigenvalue weighted by Gasteiger charge is 2.25. The van der Waals surface area contributed by atoms with Gasteiger partial charge in [-0.2, -0.15) is 16.9 Å². The van der Waals surface area contributed by atoms with Gasteiger partial charge >= 0.3 is 0 Å². The Bertz CT molecular complexity index is 1130. The van der Waals surface area contributed by atoms with Gasteiger partial charge in [-0.15, -0.1) is 0 Å². The molecule has 9 heteroatoms. The first-order valence-corrected chi connectivity index (χ1v) is 11.7. The summed E-state index contributed by atoms with van der Waals surface area (Å²) < 4.78 is 12.3. The number of ether oxygens (including phenoxy) is 2. The van der Waals surface area contributed by atoms with Crippen LogP contribution in [0.2, 0.25) is 0 Å². The van der Waals surface area contributed by atoms with Gasteiger partial charge in [-0.05, 0) is 36.8 Å². The van der Waals surface area contributed by atoms with Crippen molar-refractivity contribution in [1.82, 2.24) is 15.1 Å². The molecule has 0 fully saturated rings. The minimum Gasteiger partial charge on any atom is -0.497 e. The predicted octanol–water partition coefficient (Wildman–Crippen LogP) is 3.28. The number of aryl methyl sites for hydroxylation is 1. The van der Waals surface area contributed by atoms with Gasteiger partial charge in [0.2, 0.25) is 5.91 Å². The lowest BCUT2D eigenvalue weighted by atomic mass is 10.2.